The van der Waals surface area contributed by atoms with Crippen molar-refractivity contribution >= 4 is 39.5 Å². The summed E-state index contributed by atoms with van der Waals surface area (Å²) in [5.74, 6) is -1.34. The van der Waals surface area contributed by atoms with Gasteiger partial charge in [-0.3, -0.25) is 37.3 Å². The minimum atomic E-state index is -4.96. The van der Waals surface area contributed by atoms with Crippen LogP contribution in [0.15, 0.2) is 0 Å². The average Bonchev–Trinajstić information content (AvgIpc) is 1.30. The Morgan fingerprint density at radius 2 is 0.500 bits per heavy atom. The van der Waals surface area contributed by atoms with E-state index in [2.05, 4.69) is 34.6 Å². The SMILES string of the molecule is CCCCCCCCCCCCCCCCCCCCCCCC(=O)O[C@H](COC(=O)CCCCCCCCCCC(C)CC)COP(=O)(O)OC[C@@H](O)COP(=O)(O)OC[C@@H](COC(=O)CCCCCCCCCCCCC)OC(=O)CCCCCCCCCCCCCC. The number of ether oxygens (including phenoxy) is 4. The first-order valence-electron chi connectivity index (χ1n) is 40.2. The average molecular weight is 1410 g/mol. The number of esters is 4. The van der Waals surface area contributed by atoms with E-state index in [0.29, 0.717) is 25.7 Å². The lowest BCUT2D eigenvalue weighted by atomic mass is 9.99. The summed E-state index contributed by atoms with van der Waals surface area (Å²) in [5, 5.41) is 10.6. The van der Waals surface area contributed by atoms with Crippen LogP contribution >= 0.6 is 15.6 Å². The molecule has 570 valence electrons. The number of phosphoric ester groups is 2. The molecule has 0 aliphatic rings. The van der Waals surface area contributed by atoms with Crippen molar-refractivity contribution < 1.29 is 80.2 Å². The third-order valence-electron chi connectivity index (χ3n) is 18.4. The van der Waals surface area contributed by atoms with E-state index >= 15 is 0 Å². The molecule has 0 aliphatic heterocycles. The van der Waals surface area contributed by atoms with Gasteiger partial charge in [0.05, 0.1) is 26.4 Å². The highest BCUT2D eigenvalue weighted by Crippen LogP contribution is 2.45. The quantitative estimate of drug-likeness (QED) is 0.0222. The second-order valence-electron chi connectivity index (χ2n) is 28.0. The van der Waals surface area contributed by atoms with Gasteiger partial charge < -0.3 is 33.8 Å². The number of hydrogen-bond acceptors (Lipinski definition) is 15. The number of aliphatic hydroxyl groups is 1. The molecule has 0 aromatic heterocycles. The maximum atomic E-state index is 13.1. The van der Waals surface area contributed by atoms with Crippen LogP contribution in [0.1, 0.15) is 407 Å². The Balaban J connectivity index is 5.20. The highest BCUT2D eigenvalue weighted by atomic mass is 31.2. The Kier molecular flexibility index (Phi) is 68.7. The normalized spacial score (nSPS) is 14.2. The molecule has 0 heterocycles. The summed E-state index contributed by atoms with van der Waals surface area (Å²) >= 11 is 0. The van der Waals surface area contributed by atoms with Crippen LogP contribution in [0.25, 0.3) is 0 Å². The van der Waals surface area contributed by atoms with Crippen LogP contribution in [-0.2, 0) is 65.4 Å². The molecule has 0 saturated heterocycles. The van der Waals surface area contributed by atoms with Crippen molar-refractivity contribution in [3.8, 4) is 0 Å². The van der Waals surface area contributed by atoms with Gasteiger partial charge in [-0.1, -0.05) is 356 Å². The Hall–Kier alpha value is -1.94. The van der Waals surface area contributed by atoms with Gasteiger partial charge in [0.1, 0.15) is 19.3 Å². The van der Waals surface area contributed by atoms with E-state index in [-0.39, 0.29) is 25.7 Å². The fraction of sp³-hybridized carbons (Fsp3) is 0.948. The number of rotatable bonds is 77. The molecule has 0 saturated carbocycles. The third-order valence-corrected chi connectivity index (χ3v) is 20.3. The molecule has 0 rings (SSSR count). The third kappa shape index (κ3) is 69.2. The van der Waals surface area contributed by atoms with Gasteiger partial charge in [-0.25, -0.2) is 9.13 Å². The topological polar surface area (TPSA) is 237 Å². The molecule has 3 unspecified atom stereocenters. The van der Waals surface area contributed by atoms with Gasteiger partial charge in [-0.2, -0.15) is 0 Å². The zero-order valence-corrected chi connectivity index (χ0v) is 64.3. The lowest BCUT2D eigenvalue weighted by Gasteiger charge is -2.21. The van der Waals surface area contributed by atoms with E-state index in [0.717, 1.165) is 95.8 Å². The van der Waals surface area contributed by atoms with Gasteiger partial charge in [0.15, 0.2) is 12.2 Å². The molecule has 0 spiro atoms. The van der Waals surface area contributed by atoms with Crippen LogP contribution in [0.3, 0.4) is 0 Å². The number of carbonyl (C=O) groups is 4. The highest BCUT2D eigenvalue weighted by molar-refractivity contribution is 7.47. The van der Waals surface area contributed by atoms with Crippen molar-refractivity contribution in [3.63, 3.8) is 0 Å². The Morgan fingerprint density at radius 1 is 0.292 bits per heavy atom. The Bertz CT molecular complexity index is 1840. The van der Waals surface area contributed by atoms with Crippen LogP contribution < -0.4 is 0 Å². The predicted molar refractivity (Wildman–Crippen MR) is 391 cm³/mol. The van der Waals surface area contributed by atoms with Gasteiger partial charge in [0, 0.05) is 25.7 Å². The maximum Gasteiger partial charge on any atom is 0.472 e. The molecule has 96 heavy (non-hydrogen) atoms. The van der Waals surface area contributed by atoms with Crippen LogP contribution in [0.2, 0.25) is 0 Å². The summed E-state index contributed by atoms with van der Waals surface area (Å²) in [6.45, 7) is 7.30. The smallest absolute Gasteiger partial charge is 0.462 e. The van der Waals surface area contributed by atoms with E-state index in [4.69, 9.17) is 37.0 Å². The van der Waals surface area contributed by atoms with E-state index in [1.807, 2.05) is 0 Å². The van der Waals surface area contributed by atoms with Crippen molar-refractivity contribution in [2.45, 2.75) is 425 Å². The molecule has 0 aromatic rings. The van der Waals surface area contributed by atoms with Crippen LogP contribution in [0.4, 0.5) is 0 Å². The second kappa shape index (κ2) is 70.1. The van der Waals surface area contributed by atoms with E-state index in [9.17, 15) is 43.2 Å². The van der Waals surface area contributed by atoms with E-state index in [1.165, 1.54) is 231 Å². The molecule has 6 atom stereocenters. The van der Waals surface area contributed by atoms with Crippen molar-refractivity contribution in [1.82, 2.24) is 0 Å². The summed E-state index contributed by atoms with van der Waals surface area (Å²) in [6, 6.07) is 0. The monoisotopic (exact) mass is 1410 g/mol. The summed E-state index contributed by atoms with van der Waals surface area (Å²) < 4.78 is 68.5. The number of hydrogen-bond donors (Lipinski definition) is 3. The molecular formula is C77H150O17P2. The minimum absolute atomic E-state index is 0.108. The van der Waals surface area contributed by atoms with Crippen molar-refractivity contribution in [1.29, 1.82) is 0 Å². The Labute approximate surface area is 588 Å². The minimum Gasteiger partial charge on any atom is -0.462 e. The fourth-order valence-corrected chi connectivity index (χ4v) is 13.4. The largest absolute Gasteiger partial charge is 0.472 e. The summed E-state index contributed by atoms with van der Waals surface area (Å²) in [6.07, 6.45) is 59.6. The highest BCUT2D eigenvalue weighted by Gasteiger charge is 2.30. The molecule has 0 amide bonds. The molecule has 0 aromatic carbocycles. The molecular weight excluding hydrogens is 1260 g/mol. The lowest BCUT2D eigenvalue weighted by Crippen LogP contribution is -2.30. The summed E-state index contributed by atoms with van der Waals surface area (Å²) in [7, 11) is -9.91. The molecule has 0 radical (unpaired) electrons. The molecule has 0 aliphatic carbocycles. The molecule has 19 heteroatoms. The maximum absolute atomic E-state index is 13.1. The van der Waals surface area contributed by atoms with Crippen LogP contribution in [-0.4, -0.2) is 96.7 Å². The molecule has 0 fully saturated rings. The van der Waals surface area contributed by atoms with Gasteiger partial charge >= 0.3 is 39.5 Å². The van der Waals surface area contributed by atoms with Gasteiger partial charge in [0.25, 0.3) is 0 Å². The van der Waals surface area contributed by atoms with Crippen molar-refractivity contribution in [2.24, 2.45) is 5.92 Å². The van der Waals surface area contributed by atoms with Gasteiger partial charge in [-0.05, 0) is 31.6 Å². The number of unbranched alkanes of at least 4 members (excludes halogenated alkanes) is 48. The zero-order chi connectivity index (χ0) is 70.5. The predicted octanol–water partition coefficient (Wildman–Crippen LogP) is 22.9. The van der Waals surface area contributed by atoms with Crippen LogP contribution in [0.5, 0.6) is 0 Å². The number of aliphatic hydroxyl groups excluding tert-OH is 1. The molecule has 3 N–H and O–H groups in total. The van der Waals surface area contributed by atoms with Gasteiger partial charge in [0.2, 0.25) is 0 Å². The first kappa shape index (κ1) is 94.1. The summed E-state index contributed by atoms with van der Waals surface area (Å²) in [4.78, 5) is 72.8. The zero-order valence-electron chi connectivity index (χ0n) is 62.5. The molecule has 0 bridgehead atoms. The number of phosphoric acid groups is 2. The van der Waals surface area contributed by atoms with E-state index < -0.39 is 97.5 Å². The second-order valence-corrected chi connectivity index (χ2v) is 30.9. The lowest BCUT2D eigenvalue weighted by molar-refractivity contribution is -0.161. The first-order chi connectivity index (χ1) is 46.6. The van der Waals surface area contributed by atoms with Crippen molar-refractivity contribution in [2.75, 3.05) is 39.6 Å². The standard InChI is InChI=1S/C77H150O17P2/c1-6-10-13-16-19-22-25-27-28-29-30-31-32-33-34-35-38-41-48-53-58-63-77(82)94-73(67-88-75(80)61-56-51-46-43-42-44-49-54-59-70(5)9-4)69-92-96(85,86)90-65-71(78)64-89-95(83,84)91-68-72(66-87-74(79)60-55-50-45-39-36-24-21-18-15-12-8-3)93-76(81)62-57-52-47-40-37-26-23-20-17-14-11-7-2/h70-73,78H,6-69H2,1-5H3,(H,83,84)(H,85,86)/t70?,71-,72+,73+/m0/s1. The van der Waals surface area contributed by atoms with Gasteiger partial charge in [-0.15, -0.1) is 0 Å². The summed E-state index contributed by atoms with van der Waals surface area (Å²) in [5.41, 5.74) is 0. The number of carbonyl (C=O) groups excluding carboxylic acids is 4. The fourth-order valence-electron chi connectivity index (χ4n) is 11.8. The first-order valence-corrected chi connectivity index (χ1v) is 43.2. The van der Waals surface area contributed by atoms with E-state index in [1.54, 1.807) is 0 Å². The van der Waals surface area contributed by atoms with Crippen LogP contribution in [0, 0.1) is 5.92 Å². The van der Waals surface area contributed by atoms with Crippen molar-refractivity contribution in [3.05, 3.63) is 0 Å². The molecule has 17 nitrogen and oxygen atoms in total. The Morgan fingerprint density at radius 3 is 0.740 bits per heavy atom.